The van der Waals surface area contributed by atoms with Crippen LogP contribution in [0.15, 0.2) is 102 Å². The first kappa shape index (κ1) is 33.2. The molecule has 2 amide bonds. The SMILES string of the molecule is CCNC(=O)C(Cc1ccccc1)N(Cc1ccc(F)cc1)C(=O)CN(c1cc(C)ccc1OC)S(=O)(=O)c1ccc(C)cc1. The molecule has 8 nitrogen and oxygen atoms in total. The monoisotopic (exact) mass is 631 g/mol. The number of rotatable bonds is 13. The van der Waals surface area contributed by atoms with Crippen LogP contribution in [-0.2, 0) is 32.6 Å². The van der Waals surface area contributed by atoms with Crippen molar-refractivity contribution in [2.75, 3.05) is 24.5 Å². The molecule has 0 bridgehead atoms. The van der Waals surface area contributed by atoms with Crippen molar-refractivity contribution in [2.45, 2.75) is 44.7 Å². The summed E-state index contributed by atoms with van der Waals surface area (Å²) < 4.78 is 48.9. The van der Waals surface area contributed by atoms with Gasteiger partial charge in [-0.25, -0.2) is 12.8 Å². The van der Waals surface area contributed by atoms with E-state index in [1.807, 2.05) is 44.2 Å². The van der Waals surface area contributed by atoms with E-state index in [0.29, 0.717) is 12.1 Å². The number of anilines is 1. The quantitative estimate of drug-likeness (QED) is 0.213. The lowest BCUT2D eigenvalue weighted by Crippen LogP contribution is -2.53. The van der Waals surface area contributed by atoms with E-state index in [1.54, 1.807) is 37.3 Å². The molecular weight excluding hydrogens is 593 g/mol. The summed E-state index contributed by atoms with van der Waals surface area (Å²) in [5.41, 5.74) is 3.21. The first-order valence-electron chi connectivity index (χ1n) is 14.6. The van der Waals surface area contributed by atoms with Crippen LogP contribution in [0.1, 0.15) is 29.2 Å². The van der Waals surface area contributed by atoms with E-state index >= 15 is 0 Å². The molecule has 0 radical (unpaired) electrons. The summed E-state index contributed by atoms with van der Waals surface area (Å²) in [5, 5.41) is 2.82. The van der Waals surface area contributed by atoms with Gasteiger partial charge in [-0.2, -0.15) is 0 Å². The third kappa shape index (κ3) is 8.27. The number of sulfonamides is 1. The average molecular weight is 632 g/mol. The number of nitrogens with zero attached hydrogens (tertiary/aromatic N) is 2. The Morgan fingerprint density at radius 2 is 1.51 bits per heavy atom. The zero-order chi connectivity index (χ0) is 32.6. The minimum Gasteiger partial charge on any atom is -0.495 e. The number of hydrogen-bond acceptors (Lipinski definition) is 5. The highest BCUT2D eigenvalue weighted by Gasteiger charge is 2.35. The molecule has 0 aliphatic heterocycles. The van der Waals surface area contributed by atoms with Gasteiger partial charge in [0.15, 0.2) is 0 Å². The first-order chi connectivity index (χ1) is 21.5. The first-order valence-corrected chi connectivity index (χ1v) is 16.1. The topological polar surface area (TPSA) is 96.0 Å². The van der Waals surface area contributed by atoms with Gasteiger partial charge in [-0.3, -0.25) is 13.9 Å². The molecule has 0 spiro atoms. The summed E-state index contributed by atoms with van der Waals surface area (Å²) >= 11 is 0. The number of ether oxygens (including phenoxy) is 1. The van der Waals surface area contributed by atoms with Crippen LogP contribution in [0.2, 0.25) is 0 Å². The highest BCUT2D eigenvalue weighted by molar-refractivity contribution is 7.92. The van der Waals surface area contributed by atoms with Crippen LogP contribution >= 0.6 is 0 Å². The summed E-state index contributed by atoms with van der Waals surface area (Å²) in [5.74, 6) is -1.19. The second-order valence-electron chi connectivity index (χ2n) is 10.7. The van der Waals surface area contributed by atoms with Crippen molar-refractivity contribution in [2.24, 2.45) is 0 Å². The second-order valence-corrected chi connectivity index (χ2v) is 12.6. The fourth-order valence-corrected chi connectivity index (χ4v) is 6.39. The molecule has 1 unspecified atom stereocenters. The van der Waals surface area contributed by atoms with Gasteiger partial charge in [0, 0.05) is 19.5 Å². The molecule has 0 saturated carbocycles. The minimum absolute atomic E-state index is 0.000828. The van der Waals surface area contributed by atoms with Crippen LogP contribution in [0.4, 0.5) is 10.1 Å². The van der Waals surface area contributed by atoms with Crippen LogP contribution in [0.25, 0.3) is 0 Å². The van der Waals surface area contributed by atoms with Crippen molar-refractivity contribution in [3.05, 3.63) is 125 Å². The van der Waals surface area contributed by atoms with Crippen LogP contribution in [-0.4, -0.2) is 51.4 Å². The number of amides is 2. The Hall–Kier alpha value is -4.70. The molecule has 1 atom stereocenters. The molecule has 0 aliphatic carbocycles. The minimum atomic E-state index is -4.29. The predicted molar refractivity (Wildman–Crippen MR) is 173 cm³/mol. The van der Waals surface area contributed by atoms with Crippen molar-refractivity contribution < 1.29 is 27.1 Å². The smallest absolute Gasteiger partial charge is 0.264 e. The van der Waals surface area contributed by atoms with Crippen LogP contribution < -0.4 is 14.4 Å². The van der Waals surface area contributed by atoms with E-state index in [-0.39, 0.29) is 29.3 Å². The molecule has 1 N–H and O–H groups in total. The van der Waals surface area contributed by atoms with E-state index in [1.165, 1.54) is 48.4 Å². The van der Waals surface area contributed by atoms with E-state index in [0.717, 1.165) is 21.0 Å². The van der Waals surface area contributed by atoms with E-state index < -0.39 is 40.2 Å². The highest BCUT2D eigenvalue weighted by Crippen LogP contribution is 2.34. The summed E-state index contributed by atoms with van der Waals surface area (Å²) in [7, 11) is -2.86. The van der Waals surface area contributed by atoms with Crippen molar-refractivity contribution in [1.29, 1.82) is 0 Å². The van der Waals surface area contributed by atoms with Crippen molar-refractivity contribution in [1.82, 2.24) is 10.2 Å². The van der Waals surface area contributed by atoms with Crippen molar-refractivity contribution in [3.63, 3.8) is 0 Å². The number of carbonyl (C=O) groups excluding carboxylic acids is 2. The average Bonchev–Trinajstić information content (AvgIpc) is 3.03. The number of aryl methyl sites for hydroxylation is 2. The maximum absolute atomic E-state index is 14.5. The summed E-state index contributed by atoms with van der Waals surface area (Å²) in [6.45, 7) is 5.09. The second kappa shape index (κ2) is 14.9. The van der Waals surface area contributed by atoms with E-state index in [4.69, 9.17) is 4.74 Å². The number of hydrogen-bond donors (Lipinski definition) is 1. The number of methoxy groups -OCH3 is 1. The Kier molecular flexibility index (Phi) is 11.0. The molecule has 4 aromatic carbocycles. The van der Waals surface area contributed by atoms with Crippen LogP contribution in [0.5, 0.6) is 5.75 Å². The Bertz CT molecular complexity index is 1710. The van der Waals surface area contributed by atoms with Gasteiger partial charge >= 0.3 is 0 Å². The highest BCUT2D eigenvalue weighted by atomic mass is 32.2. The molecule has 0 aromatic heterocycles. The zero-order valence-electron chi connectivity index (χ0n) is 25.9. The number of nitrogens with one attached hydrogen (secondary N) is 1. The molecule has 236 valence electrons. The predicted octanol–water partition coefficient (Wildman–Crippen LogP) is 5.42. The Labute approximate surface area is 264 Å². The molecule has 0 heterocycles. The summed E-state index contributed by atoms with van der Waals surface area (Å²) in [4.78, 5) is 29.4. The van der Waals surface area contributed by atoms with Gasteiger partial charge < -0.3 is 15.0 Å². The van der Waals surface area contributed by atoms with Crippen molar-refractivity contribution >= 4 is 27.5 Å². The third-order valence-electron chi connectivity index (χ3n) is 7.38. The van der Waals surface area contributed by atoms with Crippen LogP contribution in [0, 0.1) is 19.7 Å². The molecule has 0 aliphatic rings. The van der Waals surface area contributed by atoms with Crippen LogP contribution in [0.3, 0.4) is 0 Å². The maximum Gasteiger partial charge on any atom is 0.264 e. The Morgan fingerprint density at radius 1 is 0.867 bits per heavy atom. The Balaban J connectivity index is 1.84. The number of likely N-dealkylation sites (N-methyl/N-ethyl adjacent to an activating group) is 1. The van der Waals surface area contributed by atoms with Crippen molar-refractivity contribution in [3.8, 4) is 5.75 Å². The summed E-state index contributed by atoms with van der Waals surface area (Å²) in [6, 6.07) is 25.3. The molecular formula is C35H38FN3O5S. The maximum atomic E-state index is 14.5. The van der Waals surface area contributed by atoms with Gasteiger partial charge in [-0.05, 0) is 73.9 Å². The number of carbonyl (C=O) groups is 2. The molecule has 10 heteroatoms. The largest absolute Gasteiger partial charge is 0.495 e. The Morgan fingerprint density at radius 3 is 2.13 bits per heavy atom. The van der Waals surface area contributed by atoms with Gasteiger partial charge in [0.05, 0.1) is 17.7 Å². The molecule has 0 fully saturated rings. The normalized spacial score (nSPS) is 11.8. The van der Waals surface area contributed by atoms with E-state index in [2.05, 4.69) is 5.32 Å². The van der Waals surface area contributed by atoms with E-state index in [9.17, 15) is 22.4 Å². The van der Waals surface area contributed by atoms with Gasteiger partial charge in [0.2, 0.25) is 11.8 Å². The molecule has 4 aromatic rings. The zero-order valence-corrected chi connectivity index (χ0v) is 26.7. The fraction of sp³-hybridized carbons (Fsp3) is 0.257. The molecule has 45 heavy (non-hydrogen) atoms. The molecule has 0 saturated heterocycles. The number of halogens is 1. The van der Waals surface area contributed by atoms with Gasteiger partial charge in [-0.1, -0.05) is 66.2 Å². The fourth-order valence-electron chi connectivity index (χ4n) is 4.98. The van der Waals surface area contributed by atoms with Gasteiger partial charge in [0.25, 0.3) is 10.0 Å². The standard InChI is InChI=1S/C35H38FN3O5S/c1-5-37-35(41)32(22-27-9-7-6-8-10-27)38(23-28-14-16-29(36)17-15-28)34(40)24-39(31-21-26(3)13-20-33(31)44-4)45(42,43)30-18-11-25(2)12-19-30/h6-21,32H,5,22-24H2,1-4H3,(H,37,41). The lowest BCUT2D eigenvalue weighted by Gasteiger charge is -2.34. The third-order valence-corrected chi connectivity index (χ3v) is 9.15. The molecule has 4 rings (SSSR count). The van der Waals surface area contributed by atoms with Gasteiger partial charge in [0.1, 0.15) is 24.2 Å². The lowest BCUT2D eigenvalue weighted by atomic mass is 10.0. The van der Waals surface area contributed by atoms with Gasteiger partial charge in [-0.15, -0.1) is 0 Å². The number of benzene rings is 4. The summed E-state index contributed by atoms with van der Waals surface area (Å²) in [6.07, 6.45) is 0.179. The lowest BCUT2D eigenvalue weighted by molar-refractivity contribution is -0.140.